The number of thiazole rings is 1. The summed E-state index contributed by atoms with van der Waals surface area (Å²) < 4.78 is 36.9. The molecule has 0 atom stereocenters. The second-order valence-electron chi connectivity index (χ2n) is 4.39. The molecule has 0 aliphatic carbocycles. The van der Waals surface area contributed by atoms with Crippen molar-refractivity contribution in [2.75, 3.05) is 7.05 Å². The van der Waals surface area contributed by atoms with E-state index in [4.69, 9.17) is 0 Å². The zero-order valence-corrected chi connectivity index (χ0v) is 11.8. The van der Waals surface area contributed by atoms with E-state index in [1.807, 2.05) is 37.4 Å². The molecule has 1 heterocycles. The van der Waals surface area contributed by atoms with Gasteiger partial charge < -0.3 is 5.32 Å². The van der Waals surface area contributed by atoms with Crippen molar-refractivity contribution < 1.29 is 13.2 Å². The van der Waals surface area contributed by atoms with E-state index < -0.39 is 12.6 Å². The minimum atomic E-state index is -4.14. The van der Waals surface area contributed by atoms with Crippen molar-refractivity contribution >= 4 is 11.3 Å². The third-order valence-electron chi connectivity index (χ3n) is 2.75. The Morgan fingerprint density at radius 2 is 1.90 bits per heavy atom. The van der Waals surface area contributed by atoms with Gasteiger partial charge in [0.25, 0.3) is 0 Å². The number of hydrogen-bond acceptors (Lipinski definition) is 3. The summed E-state index contributed by atoms with van der Waals surface area (Å²) in [5.74, 6) is 0. The fourth-order valence-electron chi connectivity index (χ4n) is 1.86. The molecule has 1 N–H and O–H groups in total. The summed E-state index contributed by atoms with van der Waals surface area (Å²) >= 11 is 1.35. The molecule has 0 aliphatic rings. The van der Waals surface area contributed by atoms with Gasteiger partial charge in [0.05, 0.1) is 10.7 Å². The topological polar surface area (TPSA) is 24.9 Å². The van der Waals surface area contributed by atoms with E-state index in [0.29, 0.717) is 11.6 Å². The molecule has 0 bridgehead atoms. The van der Waals surface area contributed by atoms with E-state index in [2.05, 4.69) is 10.3 Å². The normalized spacial score (nSPS) is 11.8. The Bertz CT molecular complexity index is 549. The Morgan fingerprint density at radius 3 is 2.50 bits per heavy atom. The molecule has 0 spiro atoms. The Labute approximate surface area is 119 Å². The Balaban J connectivity index is 2.24. The van der Waals surface area contributed by atoms with E-state index in [0.717, 1.165) is 16.1 Å². The van der Waals surface area contributed by atoms with Gasteiger partial charge in [-0.1, -0.05) is 30.3 Å². The average Bonchev–Trinajstić information content (AvgIpc) is 2.80. The summed E-state index contributed by atoms with van der Waals surface area (Å²) in [6.07, 6.45) is -5.02. The van der Waals surface area contributed by atoms with Crippen molar-refractivity contribution in [3.05, 3.63) is 40.2 Å². The van der Waals surface area contributed by atoms with Crippen LogP contribution in [0.2, 0.25) is 0 Å². The maximum absolute atomic E-state index is 12.3. The summed E-state index contributed by atoms with van der Waals surface area (Å²) in [5, 5.41) is 3.56. The van der Waals surface area contributed by atoms with Gasteiger partial charge in [-0.2, -0.15) is 13.2 Å². The largest absolute Gasteiger partial charge is 0.389 e. The van der Waals surface area contributed by atoms with E-state index in [1.165, 1.54) is 11.3 Å². The van der Waals surface area contributed by atoms with Crippen LogP contribution in [-0.4, -0.2) is 18.2 Å². The molecule has 0 radical (unpaired) electrons. The molecule has 20 heavy (non-hydrogen) atoms. The molecule has 1 aromatic heterocycles. The van der Waals surface area contributed by atoms with Gasteiger partial charge in [0.2, 0.25) is 0 Å². The fourth-order valence-corrected chi connectivity index (χ4v) is 2.96. The highest BCUT2D eigenvalue weighted by Gasteiger charge is 2.27. The first-order valence-corrected chi connectivity index (χ1v) is 7.06. The molecule has 1 aromatic carbocycles. The first-order chi connectivity index (χ1) is 9.49. The quantitative estimate of drug-likeness (QED) is 0.902. The van der Waals surface area contributed by atoms with E-state index in [-0.39, 0.29) is 6.42 Å². The third kappa shape index (κ3) is 4.05. The molecule has 0 saturated carbocycles. The van der Waals surface area contributed by atoms with Crippen molar-refractivity contribution in [3.63, 3.8) is 0 Å². The molecule has 0 unspecified atom stereocenters. The maximum Gasteiger partial charge on any atom is 0.389 e. The van der Waals surface area contributed by atoms with Crippen molar-refractivity contribution in [2.24, 2.45) is 0 Å². The van der Waals surface area contributed by atoms with Crippen molar-refractivity contribution in [1.82, 2.24) is 10.3 Å². The minimum Gasteiger partial charge on any atom is -0.315 e. The number of aromatic nitrogens is 1. The van der Waals surface area contributed by atoms with E-state index >= 15 is 0 Å². The lowest BCUT2D eigenvalue weighted by atomic mass is 10.1. The van der Waals surface area contributed by atoms with E-state index in [1.54, 1.807) is 0 Å². The van der Waals surface area contributed by atoms with Gasteiger partial charge in [-0.05, 0) is 7.05 Å². The minimum absolute atomic E-state index is 0.0578. The highest BCUT2D eigenvalue weighted by molar-refractivity contribution is 7.12. The van der Waals surface area contributed by atoms with Gasteiger partial charge in [-0.3, -0.25) is 0 Å². The number of benzene rings is 1. The standard InChI is InChI=1S/C14H15F3N2S/c1-18-9-11-13(10-5-3-2-4-6-10)19-12(20-11)7-8-14(15,16)17/h2-6,18H,7-9H2,1H3. The number of rotatable bonds is 5. The van der Waals surface area contributed by atoms with Crippen LogP contribution in [0.4, 0.5) is 13.2 Å². The second kappa shape index (κ2) is 6.37. The first-order valence-electron chi connectivity index (χ1n) is 6.25. The zero-order valence-electron chi connectivity index (χ0n) is 11.0. The van der Waals surface area contributed by atoms with Gasteiger partial charge in [-0.15, -0.1) is 11.3 Å². The number of halogens is 3. The molecule has 2 nitrogen and oxygen atoms in total. The lowest BCUT2D eigenvalue weighted by Crippen LogP contribution is -2.08. The number of nitrogens with one attached hydrogen (secondary N) is 1. The van der Waals surface area contributed by atoms with Crippen LogP contribution in [0.15, 0.2) is 30.3 Å². The summed E-state index contributed by atoms with van der Waals surface area (Å²) in [6.45, 7) is 0.605. The van der Waals surface area contributed by atoms with Crippen molar-refractivity contribution in [1.29, 1.82) is 0 Å². The van der Waals surface area contributed by atoms with Crippen LogP contribution in [-0.2, 0) is 13.0 Å². The monoisotopic (exact) mass is 300 g/mol. The maximum atomic E-state index is 12.3. The number of nitrogens with zero attached hydrogens (tertiary/aromatic N) is 1. The van der Waals surface area contributed by atoms with Crippen LogP contribution >= 0.6 is 11.3 Å². The highest BCUT2D eigenvalue weighted by Crippen LogP contribution is 2.30. The molecular weight excluding hydrogens is 285 g/mol. The van der Waals surface area contributed by atoms with Crippen LogP contribution in [0.5, 0.6) is 0 Å². The van der Waals surface area contributed by atoms with Gasteiger partial charge in [0, 0.05) is 29.8 Å². The number of alkyl halides is 3. The number of hydrogen-bond donors (Lipinski definition) is 1. The lowest BCUT2D eigenvalue weighted by Gasteiger charge is -2.02. The Kier molecular flexibility index (Phi) is 4.77. The predicted octanol–water partition coefficient (Wildman–Crippen LogP) is 4.02. The van der Waals surface area contributed by atoms with Crippen LogP contribution in [0.1, 0.15) is 16.3 Å². The van der Waals surface area contributed by atoms with Crippen molar-refractivity contribution in [2.45, 2.75) is 25.6 Å². The summed E-state index contributed by atoms with van der Waals surface area (Å²) in [7, 11) is 1.81. The smallest absolute Gasteiger partial charge is 0.315 e. The molecule has 0 saturated heterocycles. The molecule has 6 heteroatoms. The molecule has 2 rings (SSSR count). The zero-order chi connectivity index (χ0) is 14.6. The molecular formula is C14H15F3N2S. The van der Waals surface area contributed by atoms with E-state index in [9.17, 15) is 13.2 Å². The van der Waals surface area contributed by atoms with Crippen LogP contribution in [0.25, 0.3) is 11.3 Å². The lowest BCUT2D eigenvalue weighted by molar-refractivity contribution is -0.133. The van der Waals surface area contributed by atoms with Gasteiger partial charge in [-0.25, -0.2) is 4.98 Å². The van der Waals surface area contributed by atoms with Crippen molar-refractivity contribution in [3.8, 4) is 11.3 Å². The molecule has 0 aliphatic heterocycles. The molecule has 0 amide bonds. The number of aryl methyl sites for hydroxylation is 1. The van der Waals surface area contributed by atoms with Gasteiger partial charge in [0.1, 0.15) is 0 Å². The predicted molar refractivity (Wildman–Crippen MR) is 74.7 cm³/mol. The van der Waals surface area contributed by atoms with Gasteiger partial charge >= 0.3 is 6.18 Å². The van der Waals surface area contributed by atoms with Crippen LogP contribution in [0.3, 0.4) is 0 Å². The van der Waals surface area contributed by atoms with Crippen LogP contribution < -0.4 is 5.32 Å². The molecule has 0 fully saturated rings. The molecule has 108 valence electrons. The second-order valence-corrected chi connectivity index (χ2v) is 5.56. The average molecular weight is 300 g/mol. The fraction of sp³-hybridized carbons (Fsp3) is 0.357. The Morgan fingerprint density at radius 1 is 1.20 bits per heavy atom. The van der Waals surface area contributed by atoms with Gasteiger partial charge in [0.15, 0.2) is 0 Å². The SMILES string of the molecule is CNCc1sc(CCC(F)(F)F)nc1-c1ccccc1. The highest BCUT2D eigenvalue weighted by atomic mass is 32.1. The third-order valence-corrected chi connectivity index (χ3v) is 3.86. The molecule has 2 aromatic rings. The van der Waals surface area contributed by atoms with Crippen LogP contribution in [0, 0.1) is 0 Å². The summed E-state index contributed by atoms with van der Waals surface area (Å²) in [4.78, 5) is 5.35. The Hall–Kier alpha value is -1.40. The summed E-state index contributed by atoms with van der Waals surface area (Å²) in [6, 6.07) is 9.53. The summed E-state index contributed by atoms with van der Waals surface area (Å²) in [5.41, 5.74) is 1.72. The first kappa shape index (κ1) is 15.0.